The number of hydrogen-bond donors (Lipinski definition) is 2. The van der Waals surface area contributed by atoms with Gasteiger partial charge in [-0.1, -0.05) is 18.5 Å². The highest BCUT2D eigenvalue weighted by atomic mass is 35.5. The molecule has 2 aromatic heterocycles. The van der Waals surface area contributed by atoms with E-state index in [2.05, 4.69) is 20.4 Å². The highest BCUT2D eigenvalue weighted by molar-refractivity contribution is 6.31. The molecule has 2 aromatic rings. The number of methoxy groups -OCH3 is 1. The van der Waals surface area contributed by atoms with E-state index in [1.165, 1.54) is 24.2 Å². The summed E-state index contributed by atoms with van der Waals surface area (Å²) >= 11 is 5.89. The van der Waals surface area contributed by atoms with Crippen molar-refractivity contribution in [2.45, 2.75) is 32.7 Å². The lowest BCUT2D eigenvalue weighted by Gasteiger charge is -2.25. The summed E-state index contributed by atoms with van der Waals surface area (Å²) < 4.78 is 6.52. The summed E-state index contributed by atoms with van der Waals surface area (Å²) in [4.78, 5) is 19.7. The van der Waals surface area contributed by atoms with Crippen molar-refractivity contribution in [2.75, 3.05) is 12.4 Å². The number of carboxylic acid groups (broad SMARTS) is 1. The third-order valence-electron chi connectivity index (χ3n) is 3.78. The second-order valence-corrected chi connectivity index (χ2v) is 5.57. The van der Waals surface area contributed by atoms with E-state index in [0.717, 1.165) is 0 Å². The lowest BCUT2D eigenvalue weighted by atomic mass is 9.99. The number of carbonyl (C=O) groups is 1. The minimum Gasteiger partial charge on any atom is -0.480 e. The first-order chi connectivity index (χ1) is 10.8. The highest BCUT2D eigenvalue weighted by Gasteiger charge is 2.35. The number of aromatic nitrogens is 4. The standard InChI is InChI=1S/C14H18ClN5O3/c1-5-14(3,12(21)22)20-8(2)10(7-17-20)18-13-16-6-9(15)11(19-13)23-4/h6-7H,5H2,1-4H3,(H,21,22)(H,16,18,19). The minimum absolute atomic E-state index is 0.248. The third-order valence-corrected chi connectivity index (χ3v) is 4.04. The summed E-state index contributed by atoms with van der Waals surface area (Å²) in [7, 11) is 1.46. The number of nitrogens with zero attached hydrogens (tertiary/aromatic N) is 4. The van der Waals surface area contributed by atoms with Crippen molar-refractivity contribution in [3.8, 4) is 5.88 Å². The Balaban J connectivity index is 2.35. The van der Waals surface area contributed by atoms with Crippen LogP contribution in [0.1, 0.15) is 26.0 Å². The van der Waals surface area contributed by atoms with Gasteiger partial charge in [0.1, 0.15) is 5.02 Å². The van der Waals surface area contributed by atoms with Crippen LogP contribution in [-0.4, -0.2) is 37.9 Å². The van der Waals surface area contributed by atoms with Crippen molar-refractivity contribution >= 4 is 29.2 Å². The number of ether oxygens (including phenoxy) is 1. The van der Waals surface area contributed by atoms with Gasteiger partial charge in [0.25, 0.3) is 0 Å². The molecule has 0 aromatic carbocycles. The molecule has 23 heavy (non-hydrogen) atoms. The number of anilines is 2. The highest BCUT2D eigenvalue weighted by Crippen LogP contribution is 2.28. The molecule has 2 heterocycles. The van der Waals surface area contributed by atoms with Crippen LogP contribution in [0.25, 0.3) is 0 Å². The summed E-state index contributed by atoms with van der Waals surface area (Å²) in [6, 6.07) is 0. The van der Waals surface area contributed by atoms with E-state index in [1.807, 2.05) is 0 Å². The predicted molar refractivity (Wildman–Crippen MR) is 85.4 cm³/mol. The van der Waals surface area contributed by atoms with Crippen LogP contribution >= 0.6 is 11.6 Å². The summed E-state index contributed by atoms with van der Waals surface area (Å²) in [5.74, 6) is -0.414. The van der Waals surface area contributed by atoms with E-state index in [4.69, 9.17) is 16.3 Å². The maximum absolute atomic E-state index is 11.6. The Morgan fingerprint density at radius 2 is 2.22 bits per heavy atom. The molecule has 0 saturated heterocycles. The molecule has 0 aliphatic carbocycles. The van der Waals surface area contributed by atoms with Crippen LogP contribution in [0, 0.1) is 6.92 Å². The number of carboxylic acids is 1. The Morgan fingerprint density at radius 3 is 2.78 bits per heavy atom. The Hall–Kier alpha value is -2.35. The maximum Gasteiger partial charge on any atom is 0.331 e. The maximum atomic E-state index is 11.6. The molecule has 2 N–H and O–H groups in total. The van der Waals surface area contributed by atoms with E-state index in [9.17, 15) is 9.90 Å². The van der Waals surface area contributed by atoms with Crippen LogP contribution in [0.2, 0.25) is 5.02 Å². The Morgan fingerprint density at radius 1 is 1.52 bits per heavy atom. The number of rotatable bonds is 6. The van der Waals surface area contributed by atoms with Gasteiger partial charge in [-0.3, -0.25) is 4.68 Å². The van der Waals surface area contributed by atoms with Gasteiger partial charge in [-0.15, -0.1) is 0 Å². The molecule has 0 fully saturated rings. The number of hydrogen-bond acceptors (Lipinski definition) is 6. The van der Waals surface area contributed by atoms with E-state index in [-0.39, 0.29) is 11.8 Å². The zero-order valence-corrected chi connectivity index (χ0v) is 14.0. The van der Waals surface area contributed by atoms with Crippen molar-refractivity contribution in [1.82, 2.24) is 19.7 Å². The average molecular weight is 340 g/mol. The first-order valence-electron chi connectivity index (χ1n) is 6.95. The fourth-order valence-corrected chi connectivity index (χ4v) is 2.26. The summed E-state index contributed by atoms with van der Waals surface area (Å²) in [5.41, 5.74) is 0.146. The second kappa shape index (κ2) is 6.41. The number of halogens is 1. The molecule has 1 unspecified atom stereocenters. The minimum atomic E-state index is -1.12. The quantitative estimate of drug-likeness (QED) is 0.833. The van der Waals surface area contributed by atoms with Gasteiger partial charge >= 0.3 is 5.97 Å². The van der Waals surface area contributed by atoms with Gasteiger partial charge < -0.3 is 15.2 Å². The smallest absolute Gasteiger partial charge is 0.331 e. The van der Waals surface area contributed by atoms with Gasteiger partial charge in [-0.05, 0) is 20.3 Å². The lowest BCUT2D eigenvalue weighted by Crippen LogP contribution is -2.39. The topological polar surface area (TPSA) is 102 Å². The van der Waals surface area contributed by atoms with E-state index < -0.39 is 11.5 Å². The molecule has 1 atom stereocenters. The zero-order chi connectivity index (χ0) is 17.2. The van der Waals surface area contributed by atoms with Gasteiger partial charge in [0, 0.05) is 0 Å². The number of nitrogens with one attached hydrogen (secondary N) is 1. The van der Waals surface area contributed by atoms with Gasteiger partial charge in [0.2, 0.25) is 11.8 Å². The van der Waals surface area contributed by atoms with Crippen LogP contribution in [0.3, 0.4) is 0 Å². The predicted octanol–water partition coefficient (Wildman–Crippen LogP) is 2.60. The van der Waals surface area contributed by atoms with Gasteiger partial charge in [0.05, 0.1) is 30.9 Å². The van der Waals surface area contributed by atoms with Crippen LogP contribution in [0.4, 0.5) is 11.6 Å². The monoisotopic (exact) mass is 339 g/mol. The molecule has 0 bridgehead atoms. The van der Waals surface area contributed by atoms with Gasteiger partial charge in [-0.25, -0.2) is 9.78 Å². The molecule has 0 aliphatic heterocycles. The Bertz CT molecular complexity index is 733. The van der Waals surface area contributed by atoms with Gasteiger partial charge in [-0.2, -0.15) is 10.1 Å². The van der Waals surface area contributed by atoms with Crippen molar-refractivity contribution in [1.29, 1.82) is 0 Å². The normalized spacial score (nSPS) is 13.4. The zero-order valence-electron chi connectivity index (χ0n) is 13.3. The first kappa shape index (κ1) is 17.0. The molecule has 0 radical (unpaired) electrons. The molecule has 9 heteroatoms. The molecule has 0 saturated carbocycles. The summed E-state index contributed by atoms with van der Waals surface area (Å²) in [6.07, 6.45) is 3.36. The van der Waals surface area contributed by atoms with Crippen LogP contribution in [-0.2, 0) is 10.3 Å². The first-order valence-corrected chi connectivity index (χ1v) is 7.33. The fourth-order valence-electron chi connectivity index (χ4n) is 2.10. The van der Waals surface area contributed by atoms with Crippen molar-refractivity contribution in [3.63, 3.8) is 0 Å². The Kier molecular flexibility index (Phi) is 4.74. The van der Waals surface area contributed by atoms with Crippen LogP contribution < -0.4 is 10.1 Å². The molecule has 2 rings (SSSR count). The summed E-state index contributed by atoms with van der Waals surface area (Å²) in [6.45, 7) is 5.20. The molecule has 8 nitrogen and oxygen atoms in total. The largest absolute Gasteiger partial charge is 0.480 e. The molecule has 124 valence electrons. The third kappa shape index (κ3) is 3.07. The van der Waals surface area contributed by atoms with Crippen molar-refractivity contribution in [3.05, 3.63) is 23.1 Å². The van der Waals surface area contributed by atoms with E-state index >= 15 is 0 Å². The second-order valence-electron chi connectivity index (χ2n) is 5.16. The van der Waals surface area contributed by atoms with Crippen LogP contribution in [0.5, 0.6) is 5.88 Å². The molecule has 0 amide bonds. The fraction of sp³-hybridized carbons (Fsp3) is 0.429. The lowest BCUT2D eigenvalue weighted by molar-refractivity contribution is -0.147. The SMILES string of the molecule is CCC(C)(C(=O)O)n1ncc(Nc2ncc(Cl)c(OC)n2)c1C. The van der Waals surface area contributed by atoms with Gasteiger partial charge in [0.15, 0.2) is 5.54 Å². The molecular weight excluding hydrogens is 322 g/mol. The van der Waals surface area contributed by atoms with E-state index in [1.54, 1.807) is 20.8 Å². The molecule has 0 aliphatic rings. The molecule has 0 spiro atoms. The Labute approximate surface area is 138 Å². The van der Waals surface area contributed by atoms with Crippen molar-refractivity contribution in [2.24, 2.45) is 0 Å². The molecular formula is C14H18ClN5O3. The number of aliphatic carboxylic acids is 1. The average Bonchev–Trinajstić information content (AvgIpc) is 2.89. The van der Waals surface area contributed by atoms with Crippen LogP contribution in [0.15, 0.2) is 12.4 Å². The summed E-state index contributed by atoms with van der Waals surface area (Å²) in [5, 5.41) is 17.0. The van der Waals surface area contributed by atoms with Crippen molar-refractivity contribution < 1.29 is 14.6 Å². The van der Waals surface area contributed by atoms with E-state index in [0.29, 0.717) is 22.8 Å².